The van der Waals surface area contributed by atoms with Gasteiger partial charge in [-0.25, -0.2) is 4.39 Å². The largest absolute Gasteiger partial charge is 0.454 e. The van der Waals surface area contributed by atoms with E-state index in [1.807, 2.05) is 25.1 Å². The van der Waals surface area contributed by atoms with Crippen LogP contribution in [-0.2, 0) is 22.5 Å². The van der Waals surface area contributed by atoms with Crippen LogP contribution in [0.15, 0.2) is 42.5 Å². The van der Waals surface area contributed by atoms with Crippen LogP contribution in [0, 0.1) is 5.82 Å². The number of carbonyl (C=O) groups excluding carboxylic acids is 1. The van der Waals surface area contributed by atoms with Crippen molar-refractivity contribution in [1.29, 1.82) is 0 Å². The van der Waals surface area contributed by atoms with Crippen molar-refractivity contribution in [2.24, 2.45) is 0 Å². The number of halogens is 1. The minimum Gasteiger partial charge on any atom is -0.454 e. The average Bonchev–Trinajstić information content (AvgIpc) is 3.07. The SMILES string of the molecule is COCC(C)N(Cc1cccc(F)c1)C(=O)Cc1ccc2c(c1)OCO2. The highest BCUT2D eigenvalue weighted by molar-refractivity contribution is 5.79. The molecule has 0 N–H and O–H groups in total. The topological polar surface area (TPSA) is 48.0 Å². The summed E-state index contributed by atoms with van der Waals surface area (Å²) in [6.45, 7) is 2.84. The van der Waals surface area contributed by atoms with Gasteiger partial charge in [0.2, 0.25) is 12.7 Å². The van der Waals surface area contributed by atoms with Crippen molar-refractivity contribution >= 4 is 5.91 Å². The summed E-state index contributed by atoms with van der Waals surface area (Å²) in [6, 6.07) is 11.6. The molecule has 1 heterocycles. The molecule has 0 saturated carbocycles. The molecule has 1 amide bonds. The molecule has 26 heavy (non-hydrogen) atoms. The van der Waals surface area contributed by atoms with Crippen molar-refractivity contribution in [2.45, 2.75) is 25.9 Å². The fourth-order valence-electron chi connectivity index (χ4n) is 2.98. The highest BCUT2D eigenvalue weighted by Gasteiger charge is 2.22. The van der Waals surface area contributed by atoms with E-state index in [2.05, 4.69) is 0 Å². The number of hydrogen-bond acceptors (Lipinski definition) is 4. The molecule has 6 heteroatoms. The van der Waals surface area contributed by atoms with E-state index in [-0.39, 0.29) is 31.0 Å². The van der Waals surface area contributed by atoms with Crippen molar-refractivity contribution in [2.75, 3.05) is 20.5 Å². The zero-order valence-electron chi connectivity index (χ0n) is 14.9. The van der Waals surface area contributed by atoms with Crippen LogP contribution < -0.4 is 9.47 Å². The number of benzene rings is 2. The van der Waals surface area contributed by atoms with E-state index in [4.69, 9.17) is 14.2 Å². The molecule has 0 bridgehead atoms. The predicted molar refractivity (Wildman–Crippen MR) is 94.6 cm³/mol. The maximum absolute atomic E-state index is 13.5. The summed E-state index contributed by atoms with van der Waals surface area (Å²) in [5.74, 6) is 0.963. The molecule has 0 saturated heterocycles. The van der Waals surface area contributed by atoms with Crippen LogP contribution in [0.2, 0.25) is 0 Å². The summed E-state index contributed by atoms with van der Waals surface area (Å²) >= 11 is 0. The molecule has 1 atom stereocenters. The van der Waals surface area contributed by atoms with Gasteiger partial charge in [-0.05, 0) is 42.3 Å². The van der Waals surface area contributed by atoms with Gasteiger partial charge in [0, 0.05) is 13.7 Å². The number of rotatable bonds is 7. The lowest BCUT2D eigenvalue weighted by Gasteiger charge is -2.29. The maximum atomic E-state index is 13.5. The molecule has 0 spiro atoms. The van der Waals surface area contributed by atoms with Gasteiger partial charge in [-0.15, -0.1) is 0 Å². The fraction of sp³-hybridized carbons (Fsp3) is 0.350. The lowest BCUT2D eigenvalue weighted by atomic mass is 10.1. The second kappa shape index (κ2) is 8.19. The number of methoxy groups -OCH3 is 1. The first-order valence-corrected chi connectivity index (χ1v) is 8.48. The van der Waals surface area contributed by atoms with Gasteiger partial charge in [-0.2, -0.15) is 0 Å². The third kappa shape index (κ3) is 4.32. The Morgan fingerprint density at radius 3 is 2.77 bits per heavy atom. The van der Waals surface area contributed by atoms with Crippen LogP contribution in [0.1, 0.15) is 18.1 Å². The van der Waals surface area contributed by atoms with Gasteiger partial charge in [-0.1, -0.05) is 18.2 Å². The second-order valence-corrected chi connectivity index (χ2v) is 6.32. The van der Waals surface area contributed by atoms with Crippen LogP contribution in [0.4, 0.5) is 4.39 Å². The molecule has 0 aromatic heterocycles. The maximum Gasteiger partial charge on any atom is 0.231 e. The van der Waals surface area contributed by atoms with Gasteiger partial charge in [0.25, 0.3) is 0 Å². The molecular weight excluding hydrogens is 337 g/mol. The Balaban J connectivity index is 1.75. The molecule has 1 aliphatic rings. The number of ether oxygens (including phenoxy) is 3. The molecule has 1 aliphatic heterocycles. The lowest BCUT2D eigenvalue weighted by Crippen LogP contribution is -2.41. The third-order valence-electron chi connectivity index (χ3n) is 4.29. The Kier molecular flexibility index (Phi) is 5.73. The Hall–Kier alpha value is -2.60. The van der Waals surface area contributed by atoms with Crippen LogP contribution in [0.5, 0.6) is 11.5 Å². The standard InChI is InChI=1S/C20H22FNO4/c1-14(12-24-2)22(11-16-4-3-5-17(21)8-16)20(23)10-15-6-7-18-19(9-15)26-13-25-18/h3-9,14H,10-13H2,1-2H3. The highest BCUT2D eigenvalue weighted by Crippen LogP contribution is 2.32. The second-order valence-electron chi connectivity index (χ2n) is 6.32. The van der Waals surface area contributed by atoms with E-state index in [9.17, 15) is 9.18 Å². The van der Waals surface area contributed by atoms with Crippen LogP contribution >= 0.6 is 0 Å². The first kappa shape index (κ1) is 18.2. The van der Waals surface area contributed by atoms with Crippen molar-refractivity contribution in [1.82, 2.24) is 4.90 Å². The summed E-state index contributed by atoms with van der Waals surface area (Å²) < 4.78 is 29.4. The zero-order chi connectivity index (χ0) is 18.5. The van der Waals surface area contributed by atoms with Crippen LogP contribution in [0.25, 0.3) is 0 Å². The van der Waals surface area contributed by atoms with Crippen molar-refractivity contribution in [3.8, 4) is 11.5 Å². The molecule has 2 aromatic rings. The number of amides is 1. The van der Waals surface area contributed by atoms with Gasteiger partial charge < -0.3 is 19.1 Å². The molecule has 1 unspecified atom stereocenters. The summed E-state index contributed by atoms with van der Waals surface area (Å²) in [6.07, 6.45) is 0.222. The first-order valence-electron chi connectivity index (χ1n) is 8.48. The van der Waals surface area contributed by atoms with E-state index in [1.54, 1.807) is 24.1 Å². The molecule has 0 fully saturated rings. The monoisotopic (exact) mass is 359 g/mol. The number of carbonyl (C=O) groups is 1. The third-order valence-corrected chi connectivity index (χ3v) is 4.29. The molecule has 138 valence electrons. The van der Waals surface area contributed by atoms with Crippen LogP contribution in [0.3, 0.4) is 0 Å². The molecule has 2 aromatic carbocycles. The molecule has 0 radical (unpaired) electrons. The molecule has 0 aliphatic carbocycles. The van der Waals surface area contributed by atoms with Gasteiger partial charge in [-0.3, -0.25) is 4.79 Å². The van der Waals surface area contributed by atoms with Gasteiger partial charge in [0.05, 0.1) is 19.1 Å². The van der Waals surface area contributed by atoms with Crippen molar-refractivity contribution in [3.05, 3.63) is 59.4 Å². The number of fused-ring (bicyclic) bond motifs is 1. The summed E-state index contributed by atoms with van der Waals surface area (Å²) in [5.41, 5.74) is 1.58. The van der Waals surface area contributed by atoms with E-state index in [0.717, 1.165) is 11.1 Å². The van der Waals surface area contributed by atoms with Crippen LogP contribution in [-0.4, -0.2) is 37.4 Å². The fourth-order valence-corrected chi connectivity index (χ4v) is 2.98. The first-order chi connectivity index (χ1) is 12.6. The van der Waals surface area contributed by atoms with Crippen molar-refractivity contribution < 1.29 is 23.4 Å². The molecule has 5 nitrogen and oxygen atoms in total. The number of hydrogen-bond donors (Lipinski definition) is 0. The highest BCUT2D eigenvalue weighted by atomic mass is 19.1. The number of nitrogens with zero attached hydrogens (tertiary/aromatic N) is 1. The van der Waals surface area contributed by atoms with E-state index < -0.39 is 0 Å². The minimum absolute atomic E-state index is 0.0577. The van der Waals surface area contributed by atoms with Gasteiger partial charge in [0.15, 0.2) is 11.5 Å². The van der Waals surface area contributed by atoms with Gasteiger partial charge >= 0.3 is 0 Å². The Labute approximate surface area is 152 Å². The van der Waals surface area contributed by atoms with E-state index in [1.165, 1.54) is 12.1 Å². The Bertz CT molecular complexity index is 780. The predicted octanol–water partition coefficient (Wildman–Crippen LogP) is 3.16. The Morgan fingerprint density at radius 2 is 2.00 bits per heavy atom. The average molecular weight is 359 g/mol. The molecular formula is C20H22FNO4. The molecule has 3 rings (SSSR count). The summed E-state index contributed by atoms with van der Waals surface area (Å²) in [4.78, 5) is 14.6. The minimum atomic E-state index is -0.315. The lowest BCUT2D eigenvalue weighted by molar-refractivity contribution is -0.134. The van der Waals surface area contributed by atoms with Gasteiger partial charge in [0.1, 0.15) is 5.82 Å². The normalized spacial score (nSPS) is 13.5. The van der Waals surface area contributed by atoms with E-state index in [0.29, 0.717) is 24.7 Å². The van der Waals surface area contributed by atoms with E-state index >= 15 is 0 Å². The smallest absolute Gasteiger partial charge is 0.231 e. The zero-order valence-corrected chi connectivity index (χ0v) is 14.9. The quantitative estimate of drug-likeness (QED) is 0.762. The Morgan fingerprint density at radius 1 is 1.19 bits per heavy atom. The summed E-state index contributed by atoms with van der Waals surface area (Å²) in [7, 11) is 1.60. The van der Waals surface area contributed by atoms with Crippen molar-refractivity contribution in [3.63, 3.8) is 0 Å². The summed E-state index contributed by atoms with van der Waals surface area (Å²) in [5, 5.41) is 0.